The van der Waals surface area contributed by atoms with Gasteiger partial charge in [0.05, 0.1) is 62.8 Å². The normalized spacial score (nSPS) is 25.7. The number of anilines is 4. The molecule has 4 N–H and O–H groups in total. The van der Waals surface area contributed by atoms with Crippen molar-refractivity contribution < 1.29 is 24.5 Å². The Morgan fingerprint density at radius 2 is 1.04 bits per heavy atom. The molecule has 0 saturated carbocycles. The highest BCUT2D eigenvalue weighted by atomic mass is 16.5. The lowest BCUT2D eigenvalue weighted by atomic mass is 9.98. The molecule has 0 bridgehead atoms. The summed E-state index contributed by atoms with van der Waals surface area (Å²) in [6, 6.07) is 20.3. The van der Waals surface area contributed by atoms with E-state index in [2.05, 4.69) is 69.0 Å². The lowest BCUT2D eigenvalue weighted by Gasteiger charge is -2.34. The third kappa shape index (κ3) is 7.07. The number of benzene rings is 2. The lowest BCUT2D eigenvalue weighted by Crippen LogP contribution is -2.45. The fourth-order valence-corrected chi connectivity index (χ4v) is 8.90. The monoisotopic (exact) mass is 760 g/mol. The fraction of sp³-hybridized carbons (Fsp3) is 0.488. The maximum Gasteiger partial charge on any atom is 0.230 e. The molecule has 4 atom stereocenters. The SMILES string of the molecule is O=C(c1cc(NC2COC2)nc(N2C[C@@H](O)[C@H](N3CCc4ccccc4C3)C2)n1)c1cc(NC2COC2)nc(N2C[C@@H](O)[C@H](N3CCc4ccccc4C3)C2)n1. The highest BCUT2D eigenvalue weighted by Crippen LogP contribution is 2.30. The van der Waals surface area contributed by atoms with E-state index in [1.807, 2.05) is 9.80 Å². The number of carbonyl (C=O) groups is 1. The van der Waals surface area contributed by atoms with Crippen molar-refractivity contribution in [1.29, 1.82) is 0 Å². The number of carbonyl (C=O) groups excluding carboxylic acids is 1. The first-order chi connectivity index (χ1) is 27.4. The van der Waals surface area contributed by atoms with Crippen LogP contribution in [0, 0.1) is 0 Å². The van der Waals surface area contributed by atoms with Crippen molar-refractivity contribution in [2.45, 2.75) is 62.3 Å². The lowest BCUT2D eigenvalue weighted by molar-refractivity contribution is 0.0209. The smallest absolute Gasteiger partial charge is 0.230 e. The number of ether oxygens (including phenoxy) is 2. The molecule has 6 aliphatic rings. The van der Waals surface area contributed by atoms with E-state index >= 15 is 0 Å². The van der Waals surface area contributed by atoms with E-state index in [9.17, 15) is 15.0 Å². The molecular weight excluding hydrogens is 713 g/mol. The summed E-state index contributed by atoms with van der Waals surface area (Å²) in [6.45, 7) is 7.23. The number of ketones is 1. The van der Waals surface area contributed by atoms with Gasteiger partial charge in [-0.2, -0.15) is 9.97 Å². The van der Waals surface area contributed by atoms with Crippen LogP contribution in [-0.4, -0.2) is 148 Å². The highest BCUT2D eigenvalue weighted by molar-refractivity contribution is 6.07. The molecule has 0 spiro atoms. The zero-order valence-electron chi connectivity index (χ0n) is 31.3. The minimum absolute atomic E-state index is 0.0695. The zero-order valence-corrected chi connectivity index (χ0v) is 31.3. The number of rotatable bonds is 10. The first-order valence-electron chi connectivity index (χ1n) is 19.9. The molecule has 292 valence electrons. The molecule has 56 heavy (non-hydrogen) atoms. The molecule has 8 heterocycles. The van der Waals surface area contributed by atoms with E-state index in [1.54, 1.807) is 12.1 Å². The Morgan fingerprint density at radius 1 is 0.607 bits per heavy atom. The average Bonchev–Trinajstić information content (AvgIpc) is 3.79. The Kier molecular flexibility index (Phi) is 9.51. The molecule has 4 fully saturated rings. The van der Waals surface area contributed by atoms with Crippen molar-refractivity contribution in [1.82, 2.24) is 29.7 Å². The van der Waals surface area contributed by atoms with Gasteiger partial charge in [0.15, 0.2) is 0 Å². The van der Waals surface area contributed by atoms with E-state index in [4.69, 9.17) is 29.4 Å². The van der Waals surface area contributed by atoms with Crippen molar-refractivity contribution in [2.24, 2.45) is 0 Å². The molecular formula is C41H48N10O5. The Labute approximate surface area is 325 Å². The van der Waals surface area contributed by atoms with Crippen LogP contribution < -0.4 is 20.4 Å². The molecule has 0 aliphatic carbocycles. The van der Waals surface area contributed by atoms with Crippen LogP contribution in [-0.2, 0) is 35.4 Å². The zero-order chi connectivity index (χ0) is 37.8. The van der Waals surface area contributed by atoms with Gasteiger partial charge in [0.25, 0.3) is 0 Å². The minimum atomic E-state index is -0.604. The maximum absolute atomic E-state index is 14.6. The summed E-state index contributed by atoms with van der Waals surface area (Å²) in [6.07, 6.45) is 0.666. The maximum atomic E-state index is 14.6. The quantitative estimate of drug-likeness (QED) is 0.171. The van der Waals surface area contributed by atoms with Gasteiger partial charge in [-0.3, -0.25) is 14.6 Å². The van der Waals surface area contributed by atoms with Crippen LogP contribution in [0.1, 0.15) is 38.4 Å². The first kappa shape index (κ1) is 35.6. The standard InChI is InChI=1S/C41H48N10O5/c52-35-19-50(17-33(35)48-11-9-25-5-1-3-7-27(25)15-48)40-44-31(13-37(46-40)42-29-21-55-22-29)39(54)32-14-38(43-30-23-56-24-30)47-41(45-32)51-18-34(36(53)20-51)49-12-10-26-6-2-4-8-28(26)16-49/h1-8,13-14,29-30,33-36,52-53H,9-12,15-24H2,(H,42,44,46)(H,43,45,47)/t33-,34-,35-,36-/m1/s1. The summed E-state index contributed by atoms with van der Waals surface area (Å²) in [5, 5.41) is 29.6. The predicted octanol–water partition coefficient (Wildman–Crippen LogP) is 1.33. The molecule has 4 saturated heterocycles. The summed E-state index contributed by atoms with van der Waals surface area (Å²) in [5.74, 6) is 1.43. The number of aliphatic hydroxyl groups is 2. The topological polar surface area (TPSA) is 165 Å². The number of hydrogen-bond donors (Lipinski definition) is 4. The molecule has 15 nitrogen and oxygen atoms in total. The Bertz CT molecular complexity index is 1950. The fourth-order valence-electron chi connectivity index (χ4n) is 8.90. The number of aliphatic hydroxyl groups excluding tert-OH is 2. The van der Waals surface area contributed by atoms with Gasteiger partial charge in [-0.1, -0.05) is 48.5 Å². The number of nitrogens with zero attached hydrogens (tertiary/aromatic N) is 8. The first-order valence-corrected chi connectivity index (χ1v) is 19.9. The van der Waals surface area contributed by atoms with Crippen LogP contribution in [0.3, 0.4) is 0 Å². The Hall–Kier alpha value is -4.77. The second-order valence-corrected chi connectivity index (χ2v) is 16.0. The largest absolute Gasteiger partial charge is 0.390 e. The molecule has 10 rings (SSSR count). The van der Waals surface area contributed by atoms with Crippen LogP contribution in [0.25, 0.3) is 0 Å². The van der Waals surface area contributed by atoms with Crippen LogP contribution in [0.15, 0.2) is 60.7 Å². The summed E-state index contributed by atoms with van der Waals surface area (Å²) in [7, 11) is 0. The highest BCUT2D eigenvalue weighted by Gasteiger charge is 2.40. The van der Waals surface area contributed by atoms with Crippen molar-refractivity contribution in [3.63, 3.8) is 0 Å². The summed E-state index contributed by atoms with van der Waals surface area (Å²) in [4.78, 5) is 42.6. The predicted molar refractivity (Wildman–Crippen MR) is 209 cm³/mol. The van der Waals surface area contributed by atoms with Crippen molar-refractivity contribution in [3.8, 4) is 0 Å². The van der Waals surface area contributed by atoms with Gasteiger partial charge >= 0.3 is 0 Å². The van der Waals surface area contributed by atoms with E-state index < -0.39 is 12.2 Å². The van der Waals surface area contributed by atoms with E-state index in [0.29, 0.717) is 76.1 Å². The summed E-state index contributed by atoms with van der Waals surface area (Å²) < 4.78 is 10.8. The number of β-amino-alcohol motifs (C(OH)–C–C–N with tert-alkyl or cyclic N) is 2. The van der Waals surface area contributed by atoms with Crippen LogP contribution >= 0.6 is 0 Å². The number of nitrogens with one attached hydrogen (secondary N) is 2. The molecule has 15 heteroatoms. The minimum Gasteiger partial charge on any atom is -0.390 e. The van der Waals surface area contributed by atoms with Gasteiger partial charge in [-0.25, -0.2) is 9.97 Å². The van der Waals surface area contributed by atoms with Crippen molar-refractivity contribution >= 4 is 29.3 Å². The van der Waals surface area contributed by atoms with Crippen LogP contribution in [0.5, 0.6) is 0 Å². The number of hydrogen-bond acceptors (Lipinski definition) is 15. The summed E-state index contributed by atoms with van der Waals surface area (Å²) >= 11 is 0. The average molecular weight is 761 g/mol. The second-order valence-electron chi connectivity index (χ2n) is 16.0. The van der Waals surface area contributed by atoms with Crippen LogP contribution in [0.4, 0.5) is 23.5 Å². The molecule has 0 unspecified atom stereocenters. The van der Waals surface area contributed by atoms with E-state index in [-0.39, 0.29) is 41.3 Å². The molecule has 4 aromatic rings. The van der Waals surface area contributed by atoms with Crippen molar-refractivity contribution in [2.75, 3.05) is 86.1 Å². The molecule has 0 radical (unpaired) electrons. The van der Waals surface area contributed by atoms with Gasteiger partial charge in [0, 0.05) is 64.5 Å². The van der Waals surface area contributed by atoms with E-state index in [0.717, 1.165) is 39.0 Å². The third-order valence-corrected chi connectivity index (χ3v) is 12.2. The van der Waals surface area contributed by atoms with Gasteiger partial charge in [0.2, 0.25) is 17.7 Å². The number of fused-ring (bicyclic) bond motifs is 2. The van der Waals surface area contributed by atoms with Crippen LogP contribution in [0.2, 0.25) is 0 Å². The molecule has 2 aromatic heterocycles. The third-order valence-electron chi connectivity index (χ3n) is 12.2. The molecule has 2 aromatic carbocycles. The van der Waals surface area contributed by atoms with Gasteiger partial charge in [0.1, 0.15) is 23.0 Å². The Morgan fingerprint density at radius 3 is 1.45 bits per heavy atom. The Balaban J connectivity index is 0.924. The molecule has 6 aliphatic heterocycles. The summed E-state index contributed by atoms with van der Waals surface area (Å²) in [5.41, 5.74) is 5.69. The van der Waals surface area contributed by atoms with Gasteiger partial charge in [-0.05, 0) is 35.1 Å². The van der Waals surface area contributed by atoms with Gasteiger partial charge < -0.3 is 40.1 Å². The molecule has 0 amide bonds. The second kappa shape index (κ2) is 15.0. The van der Waals surface area contributed by atoms with Crippen molar-refractivity contribution in [3.05, 3.63) is 94.3 Å². The van der Waals surface area contributed by atoms with Gasteiger partial charge in [-0.15, -0.1) is 0 Å². The van der Waals surface area contributed by atoms with E-state index in [1.165, 1.54) is 22.3 Å². The number of aromatic nitrogens is 4.